The zero-order chi connectivity index (χ0) is 24.2. The van der Waals surface area contributed by atoms with Crippen LogP contribution in [0.2, 0.25) is 0 Å². The molecule has 0 spiro atoms. The summed E-state index contributed by atoms with van der Waals surface area (Å²) >= 11 is 0. The molecule has 176 valence electrons. The van der Waals surface area contributed by atoms with Crippen LogP contribution in [-0.2, 0) is 20.8 Å². The predicted molar refractivity (Wildman–Crippen MR) is 122 cm³/mol. The molecule has 0 aliphatic carbocycles. The van der Waals surface area contributed by atoms with Crippen LogP contribution < -0.4 is 10.1 Å². The molecule has 1 fully saturated rings. The van der Waals surface area contributed by atoms with Gasteiger partial charge in [-0.05, 0) is 43.2 Å². The molecule has 1 aliphatic heterocycles. The Hall–Kier alpha value is -3.42. The molecule has 1 unspecified atom stereocenters. The molecule has 0 radical (unpaired) electrons. The molecule has 0 saturated carbocycles. The van der Waals surface area contributed by atoms with Crippen LogP contribution >= 0.6 is 0 Å². The van der Waals surface area contributed by atoms with Crippen LogP contribution in [0.1, 0.15) is 37.9 Å². The first kappa shape index (κ1) is 24.2. The summed E-state index contributed by atoms with van der Waals surface area (Å²) in [5.41, 5.74) is -0.0247. The molecule has 1 aliphatic rings. The van der Waals surface area contributed by atoms with Gasteiger partial charge in [0.1, 0.15) is 17.1 Å². The van der Waals surface area contributed by atoms with E-state index in [4.69, 9.17) is 4.74 Å². The number of rotatable bonds is 6. The third-order valence-corrected chi connectivity index (χ3v) is 5.87. The van der Waals surface area contributed by atoms with Crippen LogP contribution in [-0.4, -0.2) is 59.8 Å². The SMILES string of the molecule is COc1ccc(C2CN(C(=O)C(C)(C)NC(=O)Cc3ccccc3F)CCN2C(C)=O)cc1. The molecule has 2 aromatic rings. The molecule has 1 heterocycles. The van der Waals surface area contributed by atoms with Crippen molar-refractivity contribution >= 4 is 17.7 Å². The number of hydrogen-bond acceptors (Lipinski definition) is 4. The first-order valence-electron chi connectivity index (χ1n) is 10.9. The second-order valence-electron chi connectivity index (χ2n) is 8.69. The van der Waals surface area contributed by atoms with E-state index in [1.807, 2.05) is 24.3 Å². The number of hydrogen-bond donors (Lipinski definition) is 1. The Morgan fingerprint density at radius 3 is 2.36 bits per heavy atom. The lowest BCUT2D eigenvalue weighted by molar-refractivity contribution is -0.146. The minimum atomic E-state index is -1.19. The Bertz CT molecular complexity index is 1020. The zero-order valence-electron chi connectivity index (χ0n) is 19.4. The lowest BCUT2D eigenvalue weighted by Crippen LogP contribution is -2.60. The largest absolute Gasteiger partial charge is 0.497 e. The summed E-state index contributed by atoms with van der Waals surface area (Å²) < 4.78 is 19.1. The molecule has 0 bridgehead atoms. The van der Waals surface area contributed by atoms with Gasteiger partial charge < -0.3 is 19.9 Å². The smallest absolute Gasteiger partial charge is 0.247 e. The quantitative estimate of drug-likeness (QED) is 0.727. The summed E-state index contributed by atoms with van der Waals surface area (Å²) in [4.78, 5) is 41.5. The first-order valence-corrected chi connectivity index (χ1v) is 10.9. The maximum atomic E-state index is 13.9. The molecule has 2 aromatic carbocycles. The highest BCUT2D eigenvalue weighted by atomic mass is 19.1. The number of piperazine rings is 1. The number of halogens is 1. The number of nitrogens with one attached hydrogen (secondary N) is 1. The Morgan fingerprint density at radius 2 is 1.76 bits per heavy atom. The van der Waals surface area contributed by atoms with E-state index in [1.54, 1.807) is 49.0 Å². The number of carbonyl (C=O) groups is 3. The van der Waals surface area contributed by atoms with Crippen LogP contribution in [0.4, 0.5) is 4.39 Å². The molecule has 1 N–H and O–H groups in total. The lowest BCUT2D eigenvalue weighted by Gasteiger charge is -2.43. The number of amides is 3. The van der Waals surface area contributed by atoms with Crippen LogP contribution in [0.25, 0.3) is 0 Å². The van der Waals surface area contributed by atoms with E-state index in [1.165, 1.54) is 13.0 Å². The lowest BCUT2D eigenvalue weighted by atomic mass is 9.98. The van der Waals surface area contributed by atoms with Gasteiger partial charge in [0.25, 0.3) is 0 Å². The average Bonchev–Trinajstić information content (AvgIpc) is 2.79. The third-order valence-electron chi connectivity index (χ3n) is 5.87. The summed E-state index contributed by atoms with van der Waals surface area (Å²) in [6.45, 7) is 5.83. The van der Waals surface area contributed by atoms with E-state index in [-0.39, 0.29) is 29.8 Å². The summed E-state index contributed by atoms with van der Waals surface area (Å²) in [5.74, 6) is -0.519. The molecule has 33 heavy (non-hydrogen) atoms. The highest BCUT2D eigenvalue weighted by molar-refractivity contribution is 5.91. The topological polar surface area (TPSA) is 79.0 Å². The van der Waals surface area contributed by atoms with E-state index in [9.17, 15) is 18.8 Å². The fraction of sp³-hybridized carbons (Fsp3) is 0.400. The van der Waals surface area contributed by atoms with E-state index >= 15 is 0 Å². The molecular weight excluding hydrogens is 425 g/mol. The monoisotopic (exact) mass is 455 g/mol. The summed E-state index contributed by atoms with van der Waals surface area (Å²) in [7, 11) is 1.58. The van der Waals surface area contributed by atoms with Gasteiger partial charge in [-0.15, -0.1) is 0 Å². The number of carbonyl (C=O) groups excluding carboxylic acids is 3. The Kier molecular flexibility index (Phi) is 7.36. The molecule has 0 aromatic heterocycles. The highest BCUT2D eigenvalue weighted by Crippen LogP contribution is 2.28. The van der Waals surface area contributed by atoms with Crippen molar-refractivity contribution < 1.29 is 23.5 Å². The van der Waals surface area contributed by atoms with Crippen molar-refractivity contribution in [1.82, 2.24) is 15.1 Å². The van der Waals surface area contributed by atoms with Gasteiger partial charge in [0.15, 0.2) is 0 Å². The first-order chi connectivity index (χ1) is 15.6. The van der Waals surface area contributed by atoms with Gasteiger partial charge >= 0.3 is 0 Å². The van der Waals surface area contributed by atoms with Gasteiger partial charge in [0.05, 0.1) is 19.6 Å². The van der Waals surface area contributed by atoms with E-state index < -0.39 is 17.3 Å². The van der Waals surface area contributed by atoms with E-state index in [0.29, 0.717) is 25.4 Å². The Balaban J connectivity index is 1.72. The van der Waals surface area contributed by atoms with Crippen LogP contribution in [0.5, 0.6) is 5.75 Å². The fourth-order valence-corrected chi connectivity index (χ4v) is 4.11. The number of benzene rings is 2. The van der Waals surface area contributed by atoms with Crippen LogP contribution in [0.3, 0.4) is 0 Å². The Morgan fingerprint density at radius 1 is 1.09 bits per heavy atom. The van der Waals surface area contributed by atoms with Gasteiger partial charge in [-0.2, -0.15) is 0 Å². The normalized spacial score (nSPS) is 16.3. The predicted octanol–water partition coefficient (Wildman–Crippen LogP) is 2.70. The molecule has 7 nitrogen and oxygen atoms in total. The van der Waals surface area contributed by atoms with Crippen molar-refractivity contribution in [2.45, 2.75) is 38.8 Å². The van der Waals surface area contributed by atoms with Crippen molar-refractivity contribution in [3.05, 3.63) is 65.5 Å². The molecule has 3 amide bonds. The van der Waals surface area contributed by atoms with Gasteiger partial charge in [-0.25, -0.2) is 4.39 Å². The number of nitrogens with zero attached hydrogens (tertiary/aromatic N) is 2. The molecule has 1 atom stereocenters. The molecule has 8 heteroatoms. The van der Waals surface area contributed by atoms with E-state index in [0.717, 1.165) is 5.56 Å². The molecular formula is C25H30FN3O4. The van der Waals surface area contributed by atoms with E-state index in [2.05, 4.69) is 5.32 Å². The second-order valence-corrected chi connectivity index (χ2v) is 8.69. The highest BCUT2D eigenvalue weighted by Gasteiger charge is 2.38. The number of methoxy groups -OCH3 is 1. The van der Waals surface area contributed by atoms with Crippen molar-refractivity contribution in [1.29, 1.82) is 0 Å². The maximum absolute atomic E-state index is 13.9. The fourth-order valence-electron chi connectivity index (χ4n) is 4.11. The summed E-state index contributed by atoms with van der Waals surface area (Å²) in [6.07, 6.45) is -0.157. The van der Waals surface area contributed by atoms with Crippen LogP contribution in [0.15, 0.2) is 48.5 Å². The molecule has 3 rings (SSSR count). The van der Waals surface area contributed by atoms with Crippen LogP contribution in [0, 0.1) is 5.82 Å². The van der Waals surface area contributed by atoms with Gasteiger partial charge in [-0.3, -0.25) is 14.4 Å². The summed E-state index contributed by atoms with van der Waals surface area (Å²) in [5, 5.41) is 2.74. The third kappa shape index (κ3) is 5.69. The zero-order valence-corrected chi connectivity index (χ0v) is 19.4. The van der Waals surface area contributed by atoms with Gasteiger partial charge in [0.2, 0.25) is 17.7 Å². The number of ether oxygens (including phenoxy) is 1. The minimum absolute atomic E-state index is 0.0691. The second kappa shape index (κ2) is 10.0. The molecule has 1 saturated heterocycles. The van der Waals surface area contributed by atoms with Crippen molar-refractivity contribution in [3.63, 3.8) is 0 Å². The van der Waals surface area contributed by atoms with Gasteiger partial charge in [-0.1, -0.05) is 30.3 Å². The average molecular weight is 456 g/mol. The maximum Gasteiger partial charge on any atom is 0.247 e. The van der Waals surface area contributed by atoms with Crippen molar-refractivity contribution in [2.75, 3.05) is 26.7 Å². The van der Waals surface area contributed by atoms with Crippen molar-refractivity contribution in [3.8, 4) is 5.75 Å². The van der Waals surface area contributed by atoms with Gasteiger partial charge in [0, 0.05) is 26.6 Å². The van der Waals surface area contributed by atoms with Crippen molar-refractivity contribution in [2.24, 2.45) is 0 Å². The minimum Gasteiger partial charge on any atom is -0.497 e. The summed E-state index contributed by atoms with van der Waals surface area (Å²) in [6, 6.07) is 13.2. The standard InChI is InChI=1S/C25H30FN3O4/c1-17(30)29-14-13-28(16-22(29)18-9-11-20(33-4)12-10-18)24(32)25(2,3)27-23(31)15-19-7-5-6-8-21(19)26/h5-12,22H,13-16H2,1-4H3,(H,27,31). The Labute approximate surface area is 193 Å².